The number of piperidine rings is 1. The number of aryl methyl sites for hydroxylation is 1. The third-order valence-electron chi connectivity index (χ3n) is 5.07. The van der Waals surface area contributed by atoms with E-state index in [4.69, 9.17) is 4.98 Å². The molecule has 1 aliphatic rings. The summed E-state index contributed by atoms with van der Waals surface area (Å²) in [4.78, 5) is 34.3. The van der Waals surface area contributed by atoms with E-state index in [1.165, 1.54) is 18.2 Å². The van der Waals surface area contributed by atoms with E-state index >= 15 is 0 Å². The second-order valence-electron chi connectivity index (χ2n) is 6.82. The SMILES string of the molecule is C=CCn1c(SCC(=O)N2CCCCC2CC)nc2sc(CC)cc2c1=O. The minimum absolute atomic E-state index is 0.0461. The molecular weight excluding hydrogens is 378 g/mol. The number of hydrogen-bond donors (Lipinski definition) is 0. The number of allylic oxidation sites excluding steroid dienone is 1. The van der Waals surface area contributed by atoms with Crippen molar-refractivity contribution < 1.29 is 4.79 Å². The van der Waals surface area contributed by atoms with Gasteiger partial charge in [-0.15, -0.1) is 17.9 Å². The number of hydrogen-bond acceptors (Lipinski definition) is 5. The standard InChI is InChI=1S/C20H27N3O2S2/c1-4-10-23-19(25)16-12-15(6-3)27-18(16)21-20(23)26-13-17(24)22-11-8-7-9-14(22)5-2/h4,12,14H,1,5-11,13H2,2-3H3. The highest BCUT2D eigenvalue weighted by Gasteiger charge is 2.25. The second kappa shape index (κ2) is 9.06. The number of rotatable bonds is 7. The molecule has 27 heavy (non-hydrogen) atoms. The van der Waals surface area contributed by atoms with Crippen molar-refractivity contribution in [3.05, 3.63) is 34.0 Å². The molecule has 0 spiro atoms. The molecule has 0 bridgehead atoms. The largest absolute Gasteiger partial charge is 0.339 e. The van der Waals surface area contributed by atoms with Gasteiger partial charge in [-0.05, 0) is 38.2 Å². The van der Waals surface area contributed by atoms with Crippen LogP contribution in [0.4, 0.5) is 0 Å². The first kappa shape index (κ1) is 20.1. The monoisotopic (exact) mass is 405 g/mol. The van der Waals surface area contributed by atoms with Crippen LogP contribution in [0.1, 0.15) is 44.4 Å². The van der Waals surface area contributed by atoms with Crippen molar-refractivity contribution in [1.82, 2.24) is 14.5 Å². The first-order valence-corrected chi connectivity index (χ1v) is 11.5. The molecule has 1 amide bonds. The van der Waals surface area contributed by atoms with Gasteiger partial charge >= 0.3 is 0 Å². The number of likely N-dealkylation sites (tertiary alicyclic amines) is 1. The van der Waals surface area contributed by atoms with E-state index in [1.807, 2.05) is 11.0 Å². The van der Waals surface area contributed by atoms with Crippen molar-refractivity contribution in [2.45, 2.75) is 63.7 Å². The molecule has 1 saturated heterocycles. The lowest BCUT2D eigenvalue weighted by Crippen LogP contribution is -2.44. The number of thioether (sulfide) groups is 1. The summed E-state index contributed by atoms with van der Waals surface area (Å²) in [6.45, 7) is 9.22. The van der Waals surface area contributed by atoms with Crippen LogP contribution in [0.5, 0.6) is 0 Å². The van der Waals surface area contributed by atoms with Gasteiger partial charge in [-0.25, -0.2) is 4.98 Å². The van der Waals surface area contributed by atoms with Gasteiger partial charge < -0.3 is 4.90 Å². The number of thiophene rings is 1. The van der Waals surface area contributed by atoms with E-state index < -0.39 is 0 Å². The summed E-state index contributed by atoms with van der Waals surface area (Å²) in [7, 11) is 0. The summed E-state index contributed by atoms with van der Waals surface area (Å²) in [5.74, 6) is 0.462. The number of amides is 1. The zero-order valence-corrected chi connectivity index (χ0v) is 17.7. The maximum absolute atomic E-state index is 12.9. The van der Waals surface area contributed by atoms with E-state index in [0.29, 0.717) is 28.9 Å². The molecule has 5 nitrogen and oxygen atoms in total. The molecule has 1 atom stereocenters. The average Bonchev–Trinajstić information content (AvgIpc) is 3.12. The first-order valence-electron chi connectivity index (χ1n) is 9.65. The molecule has 0 aromatic carbocycles. The Balaban J connectivity index is 1.84. The Labute approximate surface area is 168 Å². The van der Waals surface area contributed by atoms with Crippen LogP contribution < -0.4 is 5.56 Å². The maximum atomic E-state index is 12.9. The van der Waals surface area contributed by atoms with E-state index in [9.17, 15) is 9.59 Å². The van der Waals surface area contributed by atoms with E-state index in [0.717, 1.165) is 41.9 Å². The van der Waals surface area contributed by atoms with Gasteiger partial charge in [-0.2, -0.15) is 0 Å². The molecule has 0 N–H and O–H groups in total. The van der Waals surface area contributed by atoms with E-state index in [2.05, 4.69) is 20.4 Å². The Morgan fingerprint density at radius 2 is 2.26 bits per heavy atom. The highest BCUT2D eigenvalue weighted by molar-refractivity contribution is 7.99. The highest BCUT2D eigenvalue weighted by Crippen LogP contribution is 2.26. The van der Waals surface area contributed by atoms with Crippen molar-refractivity contribution in [3.8, 4) is 0 Å². The molecule has 1 unspecified atom stereocenters. The number of carbonyl (C=O) groups excluding carboxylic acids is 1. The molecular formula is C20H27N3O2S2. The van der Waals surface area contributed by atoms with Gasteiger partial charge in [0, 0.05) is 24.0 Å². The smallest absolute Gasteiger partial charge is 0.263 e. The van der Waals surface area contributed by atoms with Gasteiger partial charge in [0.15, 0.2) is 5.16 Å². The van der Waals surface area contributed by atoms with Gasteiger partial charge in [-0.1, -0.05) is 31.7 Å². The summed E-state index contributed by atoms with van der Waals surface area (Å²) >= 11 is 2.93. The first-order chi connectivity index (χ1) is 13.1. The Kier molecular flexibility index (Phi) is 6.76. The van der Waals surface area contributed by atoms with Gasteiger partial charge in [0.25, 0.3) is 5.56 Å². The molecule has 2 aromatic heterocycles. The quantitative estimate of drug-likeness (QED) is 0.395. The molecule has 0 radical (unpaired) electrons. The van der Waals surface area contributed by atoms with Crippen LogP contribution >= 0.6 is 23.1 Å². The Morgan fingerprint density at radius 3 is 2.96 bits per heavy atom. The average molecular weight is 406 g/mol. The third kappa shape index (κ3) is 4.29. The summed E-state index contributed by atoms with van der Waals surface area (Å²) < 4.78 is 1.63. The topological polar surface area (TPSA) is 55.2 Å². The minimum atomic E-state index is -0.0461. The number of nitrogens with zero attached hydrogens (tertiary/aromatic N) is 3. The van der Waals surface area contributed by atoms with Gasteiger partial charge in [0.2, 0.25) is 5.91 Å². The summed E-state index contributed by atoms with van der Waals surface area (Å²) in [6.07, 6.45) is 6.95. The molecule has 1 aliphatic heterocycles. The summed E-state index contributed by atoms with van der Waals surface area (Å²) in [5, 5.41) is 1.27. The zero-order valence-electron chi connectivity index (χ0n) is 16.1. The fraction of sp³-hybridized carbons (Fsp3) is 0.550. The summed E-state index contributed by atoms with van der Waals surface area (Å²) in [5.41, 5.74) is -0.0461. The fourth-order valence-electron chi connectivity index (χ4n) is 3.58. The van der Waals surface area contributed by atoms with Crippen molar-refractivity contribution in [2.24, 2.45) is 0 Å². The van der Waals surface area contributed by atoms with E-state index in [-0.39, 0.29) is 11.5 Å². The normalized spacial score (nSPS) is 17.4. The second-order valence-corrected chi connectivity index (χ2v) is 8.88. The van der Waals surface area contributed by atoms with Crippen molar-refractivity contribution in [3.63, 3.8) is 0 Å². The van der Waals surface area contributed by atoms with Crippen molar-refractivity contribution in [1.29, 1.82) is 0 Å². The van der Waals surface area contributed by atoms with Crippen LogP contribution in [0, 0.1) is 0 Å². The predicted molar refractivity (Wildman–Crippen MR) is 114 cm³/mol. The van der Waals surface area contributed by atoms with Crippen molar-refractivity contribution >= 4 is 39.2 Å². The highest BCUT2D eigenvalue weighted by atomic mass is 32.2. The number of aromatic nitrogens is 2. The molecule has 3 rings (SSSR count). The lowest BCUT2D eigenvalue weighted by Gasteiger charge is -2.35. The zero-order chi connectivity index (χ0) is 19.4. The van der Waals surface area contributed by atoms with E-state index in [1.54, 1.807) is 22.0 Å². The van der Waals surface area contributed by atoms with Crippen LogP contribution in [0.15, 0.2) is 28.7 Å². The Morgan fingerprint density at radius 1 is 1.44 bits per heavy atom. The van der Waals surface area contributed by atoms with Gasteiger partial charge in [0.05, 0.1) is 11.1 Å². The Bertz CT molecular complexity index is 887. The molecule has 7 heteroatoms. The van der Waals surface area contributed by atoms with Gasteiger partial charge in [-0.3, -0.25) is 14.2 Å². The van der Waals surface area contributed by atoms with Gasteiger partial charge in [0.1, 0.15) is 4.83 Å². The van der Waals surface area contributed by atoms with Crippen molar-refractivity contribution in [2.75, 3.05) is 12.3 Å². The lowest BCUT2D eigenvalue weighted by molar-refractivity contribution is -0.132. The number of fused-ring (bicyclic) bond motifs is 1. The molecule has 2 aromatic rings. The van der Waals surface area contributed by atoms with Crippen LogP contribution in [-0.2, 0) is 17.8 Å². The molecule has 0 aliphatic carbocycles. The lowest BCUT2D eigenvalue weighted by atomic mass is 10.0. The van der Waals surface area contributed by atoms with Crippen LogP contribution in [0.25, 0.3) is 10.2 Å². The predicted octanol–water partition coefficient (Wildman–Crippen LogP) is 4.09. The van der Waals surface area contributed by atoms with Crippen LogP contribution in [0.2, 0.25) is 0 Å². The maximum Gasteiger partial charge on any atom is 0.263 e. The third-order valence-corrected chi connectivity index (χ3v) is 7.21. The number of carbonyl (C=O) groups is 1. The summed E-state index contributed by atoms with van der Waals surface area (Å²) in [6, 6.07) is 2.29. The Hall–Kier alpha value is -1.60. The molecule has 146 valence electrons. The molecule has 0 saturated carbocycles. The molecule has 3 heterocycles. The minimum Gasteiger partial charge on any atom is -0.339 e. The molecule has 1 fully saturated rings. The van der Waals surface area contributed by atoms with Crippen LogP contribution in [0.3, 0.4) is 0 Å². The van der Waals surface area contributed by atoms with Crippen LogP contribution in [-0.4, -0.2) is 38.7 Å². The fourth-order valence-corrected chi connectivity index (χ4v) is 5.49.